The Kier molecular flexibility index (Phi) is 3.88. The van der Waals surface area contributed by atoms with Crippen LogP contribution in [0.3, 0.4) is 0 Å². The first-order valence-corrected chi connectivity index (χ1v) is 6.59. The Labute approximate surface area is 103 Å². The largest absolute Gasteiger partial charge is 0.325 e. The number of hydrogen-bond acceptors (Lipinski definition) is 1. The van der Waals surface area contributed by atoms with Crippen molar-refractivity contribution in [2.45, 2.75) is 50.5 Å². The fourth-order valence-electron chi connectivity index (χ4n) is 2.66. The molecule has 0 aromatic heterocycles. The van der Waals surface area contributed by atoms with Gasteiger partial charge in [-0.25, -0.2) is 0 Å². The van der Waals surface area contributed by atoms with Crippen molar-refractivity contribution in [3.63, 3.8) is 0 Å². The molecule has 0 bridgehead atoms. The number of rotatable bonds is 2. The molecule has 0 saturated heterocycles. The SMILES string of the molecule is NC1(Cc2cccc(Cl)c2)CCCCCC1. The number of benzene rings is 1. The highest BCUT2D eigenvalue weighted by atomic mass is 35.5. The summed E-state index contributed by atoms with van der Waals surface area (Å²) in [5.74, 6) is 0. The fraction of sp³-hybridized carbons (Fsp3) is 0.571. The van der Waals surface area contributed by atoms with Gasteiger partial charge in [-0.15, -0.1) is 0 Å². The summed E-state index contributed by atoms with van der Waals surface area (Å²) in [6, 6.07) is 8.10. The Balaban J connectivity index is 2.06. The average Bonchev–Trinajstić information content (AvgIpc) is 2.43. The third kappa shape index (κ3) is 3.23. The summed E-state index contributed by atoms with van der Waals surface area (Å²) in [7, 11) is 0. The van der Waals surface area contributed by atoms with E-state index in [0.717, 1.165) is 24.3 Å². The van der Waals surface area contributed by atoms with E-state index in [0.29, 0.717) is 0 Å². The fourth-order valence-corrected chi connectivity index (χ4v) is 2.88. The van der Waals surface area contributed by atoms with Gasteiger partial charge in [-0.05, 0) is 37.0 Å². The molecule has 88 valence electrons. The zero-order valence-electron chi connectivity index (χ0n) is 9.71. The Morgan fingerprint density at radius 1 is 1.12 bits per heavy atom. The summed E-state index contributed by atoms with van der Waals surface area (Å²) in [5.41, 5.74) is 7.77. The number of hydrogen-bond donors (Lipinski definition) is 1. The van der Waals surface area contributed by atoms with Gasteiger partial charge in [0.2, 0.25) is 0 Å². The van der Waals surface area contributed by atoms with Gasteiger partial charge >= 0.3 is 0 Å². The standard InChI is InChI=1S/C14H20ClN/c15-13-7-5-6-12(10-13)11-14(16)8-3-1-2-4-9-14/h5-7,10H,1-4,8-9,11,16H2. The first-order chi connectivity index (χ1) is 7.68. The summed E-state index contributed by atoms with van der Waals surface area (Å²) < 4.78 is 0. The van der Waals surface area contributed by atoms with Crippen molar-refractivity contribution >= 4 is 11.6 Å². The predicted octanol–water partition coefficient (Wildman–Crippen LogP) is 3.93. The van der Waals surface area contributed by atoms with Crippen molar-refractivity contribution in [3.8, 4) is 0 Å². The van der Waals surface area contributed by atoms with Crippen LogP contribution in [0.1, 0.15) is 44.1 Å². The molecule has 2 heteroatoms. The minimum Gasteiger partial charge on any atom is -0.325 e. The van der Waals surface area contributed by atoms with Crippen LogP contribution in [0.4, 0.5) is 0 Å². The van der Waals surface area contributed by atoms with Crippen LogP contribution < -0.4 is 5.73 Å². The molecule has 1 saturated carbocycles. The summed E-state index contributed by atoms with van der Waals surface area (Å²) in [4.78, 5) is 0. The molecule has 0 radical (unpaired) electrons. The molecule has 1 nitrogen and oxygen atoms in total. The molecule has 0 amide bonds. The van der Waals surface area contributed by atoms with Crippen molar-refractivity contribution in [2.24, 2.45) is 5.73 Å². The molecule has 0 heterocycles. The monoisotopic (exact) mass is 237 g/mol. The third-order valence-corrected chi connectivity index (χ3v) is 3.78. The number of nitrogens with two attached hydrogens (primary N) is 1. The molecule has 2 N–H and O–H groups in total. The van der Waals surface area contributed by atoms with E-state index in [1.165, 1.54) is 31.2 Å². The van der Waals surface area contributed by atoms with E-state index in [1.807, 2.05) is 18.2 Å². The second-order valence-corrected chi connectivity index (χ2v) is 5.52. The van der Waals surface area contributed by atoms with E-state index in [-0.39, 0.29) is 5.54 Å². The van der Waals surface area contributed by atoms with Gasteiger partial charge in [0.1, 0.15) is 0 Å². The lowest BCUT2D eigenvalue weighted by molar-refractivity contribution is 0.369. The lowest BCUT2D eigenvalue weighted by Crippen LogP contribution is -2.41. The zero-order chi connectivity index (χ0) is 11.4. The molecule has 2 rings (SSSR count). The third-order valence-electron chi connectivity index (χ3n) is 3.54. The van der Waals surface area contributed by atoms with Crippen LogP contribution >= 0.6 is 11.6 Å². The first-order valence-electron chi connectivity index (χ1n) is 6.21. The highest BCUT2D eigenvalue weighted by Crippen LogP contribution is 2.28. The topological polar surface area (TPSA) is 26.0 Å². The van der Waals surface area contributed by atoms with Gasteiger partial charge < -0.3 is 5.73 Å². The smallest absolute Gasteiger partial charge is 0.0408 e. The van der Waals surface area contributed by atoms with Gasteiger partial charge in [0.05, 0.1) is 0 Å². The van der Waals surface area contributed by atoms with Crippen LogP contribution in [0, 0.1) is 0 Å². The maximum Gasteiger partial charge on any atom is 0.0408 e. The molecule has 16 heavy (non-hydrogen) atoms. The molecule has 1 aromatic carbocycles. The van der Waals surface area contributed by atoms with Gasteiger partial charge in [0.25, 0.3) is 0 Å². The van der Waals surface area contributed by atoms with Crippen molar-refractivity contribution in [1.82, 2.24) is 0 Å². The van der Waals surface area contributed by atoms with Crippen LogP contribution in [0.2, 0.25) is 5.02 Å². The van der Waals surface area contributed by atoms with Gasteiger partial charge in [-0.2, -0.15) is 0 Å². The molecule has 1 aliphatic carbocycles. The second-order valence-electron chi connectivity index (χ2n) is 5.08. The summed E-state index contributed by atoms with van der Waals surface area (Å²) >= 11 is 6.00. The molecule has 0 unspecified atom stereocenters. The second kappa shape index (κ2) is 5.20. The van der Waals surface area contributed by atoms with Crippen LogP contribution in [-0.2, 0) is 6.42 Å². The first kappa shape index (κ1) is 11.9. The highest BCUT2D eigenvalue weighted by Gasteiger charge is 2.26. The molecule has 1 aliphatic rings. The van der Waals surface area contributed by atoms with E-state index in [1.54, 1.807) is 0 Å². The zero-order valence-corrected chi connectivity index (χ0v) is 10.5. The molecule has 1 aromatic rings. The summed E-state index contributed by atoms with van der Waals surface area (Å²) in [5, 5.41) is 0.815. The van der Waals surface area contributed by atoms with Gasteiger partial charge in [-0.1, -0.05) is 49.4 Å². The lowest BCUT2D eigenvalue weighted by atomic mass is 9.85. The van der Waals surface area contributed by atoms with E-state index >= 15 is 0 Å². The molecule has 0 atom stereocenters. The van der Waals surface area contributed by atoms with Crippen molar-refractivity contribution < 1.29 is 0 Å². The van der Waals surface area contributed by atoms with Crippen molar-refractivity contribution in [1.29, 1.82) is 0 Å². The summed E-state index contributed by atoms with van der Waals surface area (Å²) in [6.45, 7) is 0. The Morgan fingerprint density at radius 3 is 2.44 bits per heavy atom. The molecule has 0 spiro atoms. The van der Waals surface area contributed by atoms with Crippen LogP contribution in [-0.4, -0.2) is 5.54 Å². The summed E-state index contributed by atoms with van der Waals surface area (Å²) in [6.07, 6.45) is 8.50. The Bertz CT molecular complexity index is 340. The van der Waals surface area contributed by atoms with Crippen molar-refractivity contribution in [3.05, 3.63) is 34.9 Å². The minimum atomic E-state index is 0.00117. The maximum atomic E-state index is 6.50. The predicted molar refractivity (Wildman–Crippen MR) is 69.8 cm³/mol. The van der Waals surface area contributed by atoms with E-state index < -0.39 is 0 Å². The molecular weight excluding hydrogens is 218 g/mol. The normalized spacial score (nSPS) is 20.4. The van der Waals surface area contributed by atoms with E-state index in [9.17, 15) is 0 Å². The van der Waals surface area contributed by atoms with Crippen molar-refractivity contribution in [2.75, 3.05) is 0 Å². The van der Waals surface area contributed by atoms with Crippen LogP contribution in [0.15, 0.2) is 24.3 Å². The van der Waals surface area contributed by atoms with Gasteiger partial charge in [-0.3, -0.25) is 0 Å². The van der Waals surface area contributed by atoms with E-state index in [2.05, 4.69) is 6.07 Å². The van der Waals surface area contributed by atoms with E-state index in [4.69, 9.17) is 17.3 Å². The Hall–Kier alpha value is -0.530. The van der Waals surface area contributed by atoms with Gasteiger partial charge in [0.15, 0.2) is 0 Å². The van der Waals surface area contributed by atoms with Crippen LogP contribution in [0.5, 0.6) is 0 Å². The Morgan fingerprint density at radius 2 is 1.81 bits per heavy atom. The molecule has 1 fully saturated rings. The number of halogens is 1. The average molecular weight is 238 g/mol. The quantitative estimate of drug-likeness (QED) is 0.775. The minimum absolute atomic E-state index is 0.00117. The highest BCUT2D eigenvalue weighted by molar-refractivity contribution is 6.30. The molecular formula is C14H20ClN. The lowest BCUT2D eigenvalue weighted by Gasteiger charge is -2.28. The maximum absolute atomic E-state index is 6.50. The molecule has 0 aliphatic heterocycles. The van der Waals surface area contributed by atoms with Crippen LogP contribution in [0.25, 0.3) is 0 Å². The van der Waals surface area contributed by atoms with Gasteiger partial charge in [0, 0.05) is 10.6 Å².